The van der Waals surface area contributed by atoms with Crippen LogP contribution in [0.4, 0.5) is 0 Å². The number of fused-ring (bicyclic) bond motifs is 2. The third kappa shape index (κ3) is 2.86. The van der Waals surface area contributed by atoms with Gasteiger partial charge in [-0.05, 0) is 47.9 Å². The minimum atomic E-state index is -1.23. The number of carbonyl (C=O) groups excluding carboxylic acids is 2. The van der Waals surface area contributed by atoms with Gasteiger partial charge in [0.05, 0.1) is 11.1 Å². The molecule has 0 aromatic heterocycles. The Morgan fingerprint density at radius 1 is 0.656 bits per heavy atom. The molecule has 0 spiro atoms. The highest BCUT2D eigenvalue weighted by Gasteiger charge is 2.45. The number of ketones is 2. The van der Waals surface area contributed by atoms with Crippen molar-refractivity contribution in [3.05, 3.63) is 45.5 Å². The smallest absolute Gasteiger partial charge is 0.195 e. The first-order chi connectivity index (χ1) is 14.9. The molecule has 32 heavy (non-hydrogen) atoms. The van der Waals surface area contributed by atoms with Crippen LogP contribution in [0, 0.1) is 25.7 Å². The minimum absolute atomic E-state index is 0.0120. The third-order valence-electron chi connectivity index (χ3n) is 7.17. The largest absolute Gasteiger partial charge is 0.507 e. The number of aryl methyl sites for hydroxylation is 2. The molecule has 2 aromatic carbocycles. The summed E-state index contributed by atoms with van der Waals surface area (Å²) in [6.45, 7) is 11.2. The monoisotopic (exact) mass is 438 g/mol. The van der Waals surface area contributed by atoms with Crippen LogP contribution in [-0.2, 0) is 0 Å². The Labute approximate surface area is 187 Å². The van der Waals surface area contributed by atoms with E-state index in [9.17, 15) is 30.0 Å². The van der Waals surface area contributed by atoms with E-state index in [-0.39, 0.29) is 45.6 Å². The number of aromatic hydroxyl groups is 2. The van der Waals surface area contributed by atoms with Crippen LogP contribution in [0.3, 0.4) is 0 Å². The first-order valence-corrected chi connectivity index (χ1v) is 11.1. The molecule has 6 nitrogen and oxygen atoms in total. The Morgan fingerprint density at radius 3 is 1.25 bits per heavy atom. The van der Waals surface area contributed by atoms with E-state index in [1.54, 1.807) is 26.0 Å². The van der Waals surface area contributed by atoms with Crippen molar-refractivity contribution in [2.45, 2.75) is 65.6 Å². The van der Waals surface area contributed by atoms with Gasteiger partial charge in [-0.15, -0.1) is 0 Å². The van der Waals surface area contributed by atoms with Crippen LogP contribution in [-0.4, -0.2) is 44.2 Å². The average Bonchev–Trinajstić information content (AvgIpc) is 3.08. The van der Waals surface area contributed by atoms with Crippen molar-refractivity contribution < 1.29 is 30.0 Å². The van der Waals surface area contributed by atoms with Gasteiger partial charge in [0.15, 0.2) is 11.6 Å². The predicted octanol–water partition coefficient (Wildman–Crippen LogP) is 3.98. The molecule has 2 aromatic rings. The van der Waals surface area contributed by atoms with Gasteiger partial charge < -0.3 is 20.4 Å². The van der Waals surface area contributed by atoms with Crippen LogP contribution in [0.5, 0.6) is 11.5 Å². The zero-order chi connectivity index (χ0) is 23.8. The summed E-state index contributed by atoms with van der Waals surface area (Å²) in [5.41, 5.74) is 3.12. The van der Waals surface area contributed by atoms with Crippen molar-refractivity contribution in [3.63, 3.8) is 0 Å². The van der Waals surface area contributed by atoms with Gasteiger partial charge >= 0.3 is 0 Å². The zero-order valence-corrected chi connectivity index (χ0v) is 19.2. The maximum Gasteiger partial charge on any atom is 0.195 e. The summed E-state index contributed by atoms with van der Waals surface area (Å²) < 4.78 is 0. The average molecular weight is 439 g/mol. The lowest BCUT2D eigenvalue weighted by Gasteiger charge is -2.22. The molecule has 0 heterocycles. The van der Waals surface area contributed by atoms with E-state index in [2.05, 4.69) is 0 Å². The Morgan fingerprint density at radius 2 is 0.969 bits per heavy atom. The molecule has 0 saturated carbocycles. The first-order valence-electron chi connectivity index (χ1n) is 11.1. The Bertz CT molecular complexity index is 1070. The molecule has 4 atom stereocenters. The highest BCUT2D eigenvalue weighted by atomic mass is 16.3. The Kier molecular flexibility index (Phi) is 5.22. The molecule has 170 valence electrons. The van der Waals surface area contributed by atoms with Gasteiger partial charge in [-0.2, -0.15) is 0 Å². The van der Waals surface area contributed by atoms with Crippen molar-refractivity contribution in [2.75, 3.05) is 0 Å². The number of hydrogen-bond donors (Lipinski definition) is 4. The van der Waals surface area contributed by atoms with E-state index in [1.807, 2.05) is 27.7 Å². The molecule has 4 rings (SSSR count). The summed E-state index contributed by atoms with van der Waals surface area (Å²) in [4.78, 5) is 25.7. The quantitative estimate of drug-likeness (QED) is 0.576. The molecule has 2 aliphatic carbocycles. The van der Waals surface area contributed by atoms with Crippen LogP contribution in [0.25, 0.3) is 11.1 Å². The van der Waals surface area contributed by atoms with Crippen molar-refractivity contribution >= 4 is 11.6 Å². The highest BCUT2D eigenvalue weighted by Crippen LogP contribution is 2.52. The molecule has 2 aliphatic rings. The second-order valence-corrected chi connectivity index (χ2v) is 9.92. The molecule has 0 unspecified atom stereocenters. The number of aliphatic hydroxyl groups is 2. The molecule has 6 heteroatoms. The van der Waals surface area contributed by atoms with Gasteiger partial charge in [-0.3, -0.25) is 9.59 Å². The molecule has 4 N–H and O–H groups in total. The van der Waals surface area contributed by atoms with Gasteiger partial charge in [0.25, 0.3) is 0 Å². The van der Waals surface area contributed by atoms with Crippen LogP contribution in [0.2, 0.25) is 0 Å². The molecular weight excluding hydrogens is 408 g/mol. The van der Waals surface area contributed by atoms with E-state index in [0.29, 0.717) is 22.3 Å². The first kappa shape index (κ1) is 22.5. The summed E-state index contributed by atoms with van der Waals surface area (Å²) in [5, 5.41) is 43.5. The third-order valence-corrected chi connectivity index (χ3v) is 7.17. The summed E-state index contributed by atoms with van der Waals surface area (Å²) >= 11 is 0. The summed E-state index contributed by atoms with van der Waals surface area (Å²) in [5.74, 6) is -2.54. The molecule has 0 saturated heterocycles. The predicted molar refractivity (Wildman–Crippen MR) is 121 cm³/mol. The maximum atomic E-state index is 12.8. The van der Waals surface area contributed by atoms with Gasteiger partial charge in [0, 0.05) is 23.0 Å². The highest BCUT2D eigenvalue weighted by molar-refractivity contribution is 6.11. The van der Waals surface area contributed by atoms with E-state index in [0.717, 1.165) is 0 Å². The molecule has 0 fully saturated rings. The SMILES string of the molecule is Cc1cc2c(c(O)c1-c1c(C)cc3c(c1O)C(=O)[C@H](O)[C@@H]3C(C)C)C(=O)[C@H](O)[C@H]2C(C)C. The van der Waals surface area contributed by atoms with Crippen LogP contribution < -0.4 is 0 Å². The van der Waals surface area contributed by atoms with Crippen LogP contribution >= 0.6 is 0 Å². The fourth-order valence-electron chi connectivity index (χ4n) is 5.74. The Hall–Kier alpha value is -2.70. The van der Waals surface area contributed by atoms with Gasteiger partial charge in [-0.1, -0.05) is 39.8 Å². The molecular formula is C26H30O6. The normalized spacial score (nSPS) is 24.6. The number of carbonyl (C=O) groups is 2. The number of rotatable bonds is 3. The second kappa shape index (κ2) is 7.42. The summed E-state index contributed by atoms with van der Waals surface area (Å²) in [7, 11) is 0. The minimum Gasteiger partial charge on any atom is -0.507 e. The van der Waals surface area contributed by atoms with Gasteiger partial charge in [0.1, 0.15) is 23.7 Å². The fourth-order valence-corrected chi connectivity index (χ4v) is 5.74. The van der Waals surface area contributed by atoms with E-state index in [4.69, 9.17) is 0 Å². The molecule has 0 radical (unpaired) electrons. The second-order valence-electron chi connectivity index (χ2n) is 9.92. The molecule has 0 bridgehead atoms. The fraction of sp³-hybridized carbons (Fsp3) is 0.462. The topological polar surface area (TPSA) is 115 Å². The number of phenolic OH excluding ortho intramolecular Hbond substituents is 2. The van der Waals surface area contributed by atoms with Crippen molar-refractivity contribution in [2.24, 2.45) is 11.8 Å². The number of benzene rings is 2. The number of phenols is 2. The maximum absolute atomic E-state index is 12.8. The van der Waals surface area contributed by atoms with Crippen LogP contribution in [0.15, 0.2) is 12.1 Å². The van der Waals surface area contributed by atoms with Gasteiger partial charge in [0.2, 0.25) is 0 Å². The molecule has 0 amide bonds. The zero-order valence-electron chi connectivity index (χ0n) is 19.2. The van der Waals surface area contributed by atoms with Gasteiger partial charge in [-0.25, -0.2) is 0 Å². The lowest BCUT2D eigenvalue weighted by Crippen LogP contribution is -2.23. The number of Topliss-reactive ketones (excluding diaryl/α,β-unsaturated/α-hetero) is 2. The Balaban J connectivity index is 2.00. The summed E-state index contributed by atoms with van der Waals surface area (Å²) in [6.07, 6.45) is -2.47. The lowest BCUT2D eigenvalue weighted by atomic mass is 9.83. The number of hydrogen-bond acceptors (Lipinski definition) is 6. The van der Waals surface area contributed by atoms with E-state index < -0.39 is 35.6 Å². The lowest BCUT2D eigenvalue weighted by molar-refractivity contribution is 0.0692. The number of aliphatic hydroxyl groups excluding tert-OH is 2. The van der Waals surface area contributed by atoms with E-state index >= 15 is 0 Å². The van der Waals surface area contributed by atoms with E-state index in [1.165, 1.54) is 0 Å². The van der Waals surface area contributed by atoms with Crippen LogP contribution in [0.1, 0.15) is 82.5 Å². The standard InChI is InChI=1S/C26H30O6/c1-9(2)15-13-7-11(5)17(21(27)19(13)25(31)23(15)29)18-12(6)8-14-16(10(3)4)24(30)26(32)20(14)22(18)28/h7-10,15-16,23-24,27-30H,1-6H3/t15-,16+,23-,24-/m1/s1. The molecule has 0 aliphatic heterocycles. The van der Waals surface area contributed by atoms with Crippen molar-refractivity contribution in [3.8, 4) is 22.6 Å². The summed E-state index contributed by atoms with van der Waals surface area (Å²) in [6, 6.07) is 3.56. The van der Waals surface area contributed by atoms with Crippen molar-refractivity contribution in [1.29, 1.82) is 0 Å². The van der Waals surface area contributed by atoms with Crippen molar-refractivity contribution in [1.82, 2.24) is 0 Å².